The fraction of sp³-hybridized carbons (Fsp3) is 0.562. The zero-order chi connectivity index (χ0) is 15.9. The lowest BCUT2D eigenvalue weighted by molar-refractivity contribution is 0.313. The van der Waals surface area contributed by atoms with Crippen LogP contribution in [0.25, 0.3) is 11.0 Å². The second-order valence-corrected chi connectivity index (χ2v) is 6.18. The molecule has 1 saturated carbocycles. The Morgan fingerprint density at radius 3 is 2.82 bits per heavy atom. The monoisotopic (exact) mass is 301 g/mol. The number of nitrogens with one attached hydrogen (secondary N) is 1. The summed E-state index contributed by atoms with van der Waals surface area (Å²) in [7, 11) is 0. The first-order valence-corrected chi connectivity index (χ1v) is 7.96. The van der Waals surface area contributed by atoms with Crippen LogP contribution in [0.2, 0.25) is 0 Å². The Hall–Kier alpha value is -2.11. The summed E-state index contributed by atoms with van der Waals surface area (Å²) in [6, 6.07) is 0.518. The van der Waals surface area contributed by atoms with Gasteiger partial charge in [0.1, 0.15) is 0 Å². The molecule has 0 amide bonds. The van der Waals surface area contributed by atoms with Crippen molar-refractivity contribution >= 4 is 22.7 Å². The molecule has 0 spiro atoms. The van der Waals surface area contributed by atoms with Crippen molar-refractivity contribution in [2.45, 2.75) is 58.5 Å². The predicted octanol–water partition coefficient (Wildman–Crippen LogP) is 2.62. The third kappa shape index (κ3) is 2.32. The molecular formula is C16H23N5O. The second kappa shape index (κ2) is 5.59. The Kier molecular flexibility index (Phi) is 3.76. The van der Waals surface area contributed by atoms with Gasteiger partial charge < -0.3 is 11.1 Å². The molecule has 2 heterocycles. The summed E-state index contributed by atoms with van der Waals surface area (Å²) >= 11 is 0. The smallest absolute Gasteiger partial charge is 0.257 e. The van der Waals surface area contributed by atoms with Gasteiger partial charge in [0.05, 0.1) is 11.1 Å². The molecule has 1 aliphatic carbocycles. The van der Waals surface area contributed by atoms with Crippen molar-refractivity contribution in [3.05, 3.63) is 22.1 Å². The summed E-state index contributed by atoms with van der Waals surface area (Å²) in [5.41, 5.74) is 7.82. The van der Waals surface area contributed by atoms with E-state index >= 15 is 0 Å². The van der Waals surface area contributed by atoms with Crippen molar-refractivity contribution in [2.75, 3.05) is 11.1 Å². The number of nitrogen functional groups attached to an aromatic ring is 1. The number of nitrogens with two attached hydrogens (primary N) is 1. The summed E-state index contributed by atoms with van der Waals surface area (Å²) < 4.78 is 1.81. The summed E-state index contributed by atoms with van der Waals surface area (Å²) in [5, 5.41) is 4.02. The topological polar surface area (TPSA) is 85.8 Å². The largest absolute Gasteiger partial charge is 0.398 e. The lowest BCUT2D eigenvalue weighted by Crippen LogP contribution is -2.32. The first-order valence-electron chi connectivity index (χ1n) is 7.96. The maximum Gasteiger partial charge on any atom is 0.257 e. The van der Waals surface area contributed by atoms with Crippen molar-refractivity contribution in [3.63, 3.8) is 0 Å². The molecule has 0 saturated heterocycles. The molecule has 3 N–H and O–H groups in total. The first kappa shape index (κ1) is 14.8. The second-order valence-electron chi connectivity index (χ2n) is 6.18. The zero-order valence-corrected chi connectivity index (χ0v) is 13.4. The van der Waals surface area contributed by atoms with Crippen molar-refractivity contribution in [1.82, 2.24) is 14.5 Å². The van der Waals surface area contributed by atoms with Gasteiger partial charge in [0.15, 0.2) is 5.65 Å². The van der Waals surface area contributed by atoms with Gasteiger partial charge >= 0.3 is 0 Å². The number of fused-ring (bicyclic) bond motifs is 1. The highest BCUT2D eigenvalue weighted by Crippen LogP contribution is 2.33. The van der Waals surface area contributed by atoms with Gasteiger partial charge in [-0.05, 0) is 39.5 Å². The van der Waals surface area contributed by atoms with E-state index in [9.17, 15) is 4.79 Å². The zero-order valence-electron chi connectivity index (χ0n) is 13.4. The van der Waals surface area contributed by atoms with Gasteiger partial charge in [-0.3, -0.25) is 9.36 Å². The Labute approximate surface area is 129 Å². The van der Waals surface area contributed by atoms with Gasteiger partial charge in [0, 0.05) is 23.8 Å². The highest BCUT2D eigenvalue weighted by Gasteiger charge is 2.25. The van der Waals surface area contributed by atoms with Crippen molar-refractivity contribution in [1.29, 1.82) is 0 Å². The van der Waals surface area contributed by atoms with E-state index in [4.69, 9.17) is 5.73 Å². The minimum atomic E-state index is -0.0251. The number of anilines is 2. The number of rotatable bonds is 4. The van der Waals surface area contributed by atoms with E-state index in [0.29, 0.717) is 22.8 Å². The lowest BCUT2D eigenvalue weighted by atomic mass is 9.92. The highest BCUT2D eigenvalue weighted by atomic mass is 16.1. The quantitative estimate of drug-likeness (QED) is 0.906. The molecule has 0 bridgehead atoms. The van der Waals surface area contributed by atoms with Crippen LogP contribution in [0.15, 0.2) is 11.0 Å². The molecule has 0 aliphatic heterocycles. The fourth-order valence-electron chi connectivity index (χ4n) is 2.72. The third-order valence-electron chi connectivity index (χ3n) is 4.66. The van der Waals surface area contributed by atoms with Gasteiger partial charge in [-0.25, -0.2) is 4.98 Å². The summed E-state index contributed by atoms with van der Waals surface area (Å²) in [6.07, 6.45) is 5.91. The van der Waals surface area contributed by atoms with Gasteiger partial charge in [-0.15, -0.1) is 0 Å². The maximum atomic E-state index is 12.6. The molecule has 2 aromatic heterocycles. The van der Waals surface area contributed by atoms with Crippen LogP contribution >= 0.6 is 0 Å². The average molecular weight is 301 g/mol. The van der Waals surface area contributed by atoms with Gasteiger partial charge in [0.2, 0.25) is 5.95 Å². The number of pyridine rings is 1. The molecule has 2 aromatic rings. The molecule has 6 nitrogen and oxygen atoms in total. The minimum Gasteiger partial charge on any atom is -0.398 e. The normalized spacial score (nSPS) is 16.5. The summed E-state index contributed by atoms with van der Waals surface area (Å²) in [4.78, 5) is 21.6. The molecule has 1 fully saturated rings. The van der Waals surface area contributed by atoms with E-state index in [2.05, 4.69) is 29.1 Å². The van der Waals surface area contributed by atoms with Crippen LogP contribution < -0.4 is 16.6 Å². The molecule has 3 rings (SSSR count). The van der Waals surface area contributed by atoms with Gasteiger partial charge in [-0.2, -0.15) is 4.98 Å². The standard InChI is InChI=1S/C16H23N5O/c1-4-9(2)19-16-18-8-12-13(17)10(3)15(22)21(14(12)20-16)11-6-5-7-11/h8-9,11H,4-7,17H2,1-3H3,(H,18,19,20). The highest BCUT2D eigenvalue weighted by molar-refractivity contribution is 5.89. The number of hydrogen-bond donors (Lipinski definition) is 2. The molecule has 0 radical (unpaired) electrons. The number of aromatic nitrogens is 3. The summed E-state index contributed by atoms with van der Waals surface area (Å²) in [5.74, 6) is 0.553. The molecule has 0 aromatic carbocycles. The minimum absolute atomic E-state index is 0.0251. The Balaban J connectivity index is 2.20. The molecule has 118 valence electrons. The molecule has 1 aliphatic rings. The lowest BCUT2D eigenvalue weighted by Gasteiger charge is -2.29. The summed E-state index contributed by atoms with van der Waals surface area (Å²) in [6.45, 7) is 5.96. The van der Waals surface area contributed by atoms with Crippen LogP contribution in [-0.4, -0.2) is 20.6 Å². The average Bonchev–Trinajstić information content (AvgIpc) is 2.47. The van der Waals surface area contributed by atoms with Crippen LogP contribution in [0.3, 0.4) is 0 Å². The van der Waals surface area contributed by atoms with Crippen LogP contribution in [0, 0.1) is 6.92 Å². The van der Waals surface area contributed by atoms with Crippen LogP contribution in [-0.2, 0) is 0 Å². The molecule has 1 unspecified atom stereocenters. The van der Waals surface area contributed by atoms with Crippen molar-refractivity contribution < 1.29 is 0 Å². The van der Waals surface area contributed by atoms with E-state index in [1.54, 1.807) is 13.1 Å². The third-order valence-corrected chi connectivity index (χ3v) is 4.66. The van der Waals surface area contributed by atoms with Crippen LogP contribution in [0.4, 0.5) is 11.6 Å². The van der Waals surface area contributed by atoms with Gasteiger partial charge in [0.25, 0.3) is 5.56 Å². The molecule has 6 heteroatoms. The van der Waals surface area contributed by atoms with E-state index in [0.717, 1.165) is 31.1 Å². The number of nitrogens with zero attached hydrogens (tertiary/aromatic N) is 3. The van der Waals surface area contributed by atoms with Crippen molar-refractivity contribution in [3.8, 4) is 0 Å². The maximum absolute atomic E-state index is 12.6. The predicted molar refractivity (Wildman–Crippen MR) is 89.2 cm³/mol. The Morgan fingerprint density at radius 2 is 2.23 bits per heavy atom. The fourth-order valence-corrected chi connectivity index (χ4v) is 2.72. The van der Waals surface area contributed by atoms with Gasteiger partial charge in [-0.1, -0.05) is 6.92 Å². The molecular weight excluding hydrogens is 278 g/mol. The van der Waals surface area contributed by atoms with E-state index in [1.807, 2.05) is 4.57 Å². The van der Waals surface area contributed by atoms with E-state index < -0.39 is 0 Å². The SMILES string of the molecule is CCC(C)Nc1ncc2c(N)c(C)c(=O)n(C3CCC3)c2n1. The number of hydrogen-bond acceptors (Lipinski definition) is 5. The first-order chi connectivity index (χ1) is 10.5. The Morgan fingerprint density at radius 1 is 1.50 bits per heavy atom. The van der Waals surface area contributed by atoms with E-state index in [-0.39, 0.29) is 17.6 Å². The molecule has 22 heavy (non-hydrogen) atoms. The van der Waals surface area contributed by atoms with Crippen LogP contribution in [0.5, 0.6) is 0 Å². The van der Waals surface area contributed by atoms with Crippen LogP contribution in [0.1, 0.15) is 51.1 Å². The van der Waals surface area contributed by atoms with Crippen molar-refractivity contribution in [2.24, 2.45) is 0 Å². The Bertz CT molecular complexity index is 763. The van der Waals surface area contributed by atoms with E-state index in [1.165, 1.54) is 0 Å². The molecule has 1 atom stereocenters.